The minimum atomic E-state index is -1.43. The highest BCUT2D eigenvalue weighted by molar-refractivity contribution is 5.85. The number of carbonyl (C=O) groups is 2. The van der Waals surface area contributed by atoms with Gasteiger partial charge < -0.3 is 15.6 Å². The zero-order chi connectivity index (χ0) is 9.07. The lowest BCUT2D eigenvalue weighted by molar-refractivity contribution is -0.151. The molecule has 1 atom stereocenters. The summed E-state index contributed by atoms with van der Waals surface area (Å²) in [5, 5.41) is 8.31. The lowest BCUT2D eigenvalue weighted by atomic mass is 10.0. The number of hydrogen-bond acceptors (Lipinski definition) is 4. The molecule has 0 aromatic heterocycles. The fraction of sp³-hybridized carbons (Fsp3) is 0.667. The normalized spacial score (nSPS) is 15.2. The second-order valence-corrected chi connectivity index (χ2v) is 2.48. The minimum Gasteiger partial charge on any atom is -0.481 e. The molecule has 0 heterocycles. The number of hydrogen-bond donors (Lipinski definition) is 2. The van der Waals surface area contributed by atoms with Gasteiger partial charge in [-0.3, -0.25) is 9.59 Å². The van der Waals surface area contributed by atoms with E-state index in [0.29, 0.717) is 0 Å². The molecule has 0 aliphatic heterocycles. The molecular weight excluding hydrogens is 150 g/mol. The number of carboxylic acid groups (broad SMARTS) is 1. The van der Waals surface area contributed by atoms with Gasteiger partial charge in [0.25, 0.3) is 0 Å². The summed E-state index contributed by atoms with van der Waals surface area (Å²) in [5.74, 6) is -1.85. The summed E-state index contributed by atoms with van der Waals surface area (Å²) < 4.78 is 4.29. The highest BCUT2D eigenvalue weighted by Crippen LogP contribution is 2.06. The van der Waals surface area contributed by atoms with Crippen molar-refractivity contribution in [3.8, 4) is 0 Å². The average molecular weight is 161 g/mol. The zero-order valence-electron chi connectivity index (χ0n) is 6.46. The maximum atomic E-state index is 10.8. The molecule has 3 N–H and O–H groups in total. The Morgan fingerprint density at radius 2 is 2.09 bits per heavy atom. The quantitative estimate of drug-likeness (QED) is 0.537. The molecule has 1 unspecified atom stereocenters. The van der Waals surface area contributed by atoms with E-state index in [-0.39, 0.29) is 0 Å². The molecule has 0 radical (unpaired) electrons. The Hall–Kier alpha value is -1.10. The first-order valence-electron chi connectivity index (χ1n) is 2.99. The maximum Gasteiger partial charge on any atom is 0.326 e. The largest absolute Gasteiger partial charge is 0.481 e. The van der Waals surface area contributed by atoms with Crippen LogP contribution in [0.3, 0.4) is 0 Å². The molecule has 5 nitrogen and oxygen atoms in total. The van der Waals surface area contributed by atoms with E-state index in [1.165, 1.54) is 6.92 Å². The number of methoxy groups -OCH3 is 1. The van der Waals surface area contributed by atoms with E-state index in [1.54, 1.807) is 0 Å². The molecule has 0 bridgehead atoms. The van der Waals surface area contributed by atoms with E-state index in [0.717, 1.165) is 7.11 Å². The monoisotopic (exact) mass is 161 g/mol. The van der Waals surface area contributed by atoms with Gasteiger partial charge in [0, 0.05) is 0 Å². The van der Waals surface area contributed by atoms with E-state index in [1.807, 2.05) is 0 Å². The van der Waals surface area contributed by atoms with Gasteiger partial charge >= 0.3 is 11.9 Å². The topological polar surface area (TPSA) is 89.6 Å². The van der Waals surface area contributed by atoms with E-state index >= 15 is 0 Å². The predicted octanol–water partition coefficient (Wildman–Crippen LogP) is -0.648. The Morgan fingerprint density at radius 1 is 1.64 bits per heavy atom. The van der Waals surface area contributed by atoms with Crippen LogP contribution in [-0.4, -0.2) is 29.7 Å². The van der Waals surface area contributed by atoms with Crippen molar-refractivity contribution in [1.29, 1.82) is 0 Å². The maximum absolute atomic E-state index is 10.8. The Balaban J connectivity index is 4.21. The lowest BCUT2D eigenvalue weighted by Crippen LogP contribution is -2.47. The van der Waals surface area contributed by atoms with Gasteiger partial charge in [-0.1, -0.05) is 0 Å². The summed E-state index contributed by atoms with van der Waals surface area (Å²) in [7, 11) is 1.16. The van der Waals surface area contributed by atoms with Crippen LogP contribution in [0, 0.1) is 0 Å². The van der Waals surface area contributed by atoms with Crippen LogP contribution in [0.2, 0.25) is 0 Å². The van der Waals surface area contributed by atoms with Crippen molar-refractivity contribution in [3.63, 3.8) is 0 Å². The van der Waals surface area contributed by atoms with E-state index in [9.17, 15) is 9.59 Å². The molecule has 11 heavy (non-hydrogen) atoms. The van der Waals surface area contributed by atoms with Crippen molar-refractivity contribution >= 4 is 11.9 Å². The van der Waals surface area contributed by atoms with Gasteiger partial charge in [-0.15, -0.1) is 0 Å². The number of nitrogens with two attached hydrogens (primary N) is 1. The highest BCUT2D eigenvalue weighted by atomic mass is 16.5. The predicted molar refractivity (Wildman–Crippen MR) is 36.9 cm³/mol. The van der Waals surface area contributed by atoms with Gasteiger partial charge in [0.05, 0.1) is 13.5 Å². The number of esters is 1. The van der Waals surface area contributed by atoms with Crippen molar-refractivity contribution in [2.24, 2.45) is 5.73 Å². The second kappa shape index (κ2) is 3.34. The molecule has 0 spiro atoms. The summed E-state index contributed by atoms with van der Waals surface area (Å²) in [6, 6.07) is 0. The molecule has 5 heteroatoms. The fourth-order valence-electron chi connectivity index (χ4n) is 0.619. The Kier molecular flexibility index (Phi) is 3.00. The molecule has 0 fully saturated rings. The zero-order valence-corrected chi connectivity index (χ0v) is 6.46. The number of ether oxygens (including phenoxy) is 1. The van der Waals surface area contributed by atoms with Crippen molar-refractivity contribution < 1.29 is 19.4 Å². The van der Waals surface area contributed by atoms with Crippen molar-refractivity contribution in [3.05, 3.63) is 0 Å². The third kappa shape index (κ3) is 2.99. The number of aliphatic carboxylic acids is 1. The standard InChI is InChI=1S/C6H11NO4/c1-6(7,3-4(8)9)5(10)11-2/h3,7H2,1-2H3,(H,8,9). The molecule has 0 saturated heterocycles. The van der Waals surface area contributed by atoms with Crippen molar-refractivity contribution in [1.82, 2.24) is 0 Å². The third-order valence-corrected chi connectivity index (χ3v) is 1.17. The molecule has 0 aromatic rings. The van der Waals surface area contributed by atoms with Gasteiger partial charge in [0.15, 0.2) is 0 Å². The lowest BCUT2D eigenvalue weighted by Gasteiger charge is -2.18. The van der Waals surface area contributed by atoms with Gasteiger partial charge in [-0.25, -0.2) is 0 Å². The summed E-state index contributed by atoms with van der Waals surface area (Å²) in [6.45, 7) is 1.31. The van der Waals surface area contributed by atoms with Crippen molar-refractivity contribution in [2.45, 2.75) is 18.9 Å². The summed E-state index contributed by atoms with van der Waals surface area (Å²) in [5.41, 5.74) is 3.89. The molecule has 0 aliphatic carbocycles. The first-order chi connectivity index (χ1) is 4.90. The molecule has 64 valence electrons. The van der Waals surface area contributed by atoms with Crippen LogP contribution in [0.5, 0.6) is 0 Å². The van der Waals surface area contributed by atoms with Crippen LogP contribution in [0.25, 0.3) is 0 Å². The first kappa shape index (κ1) is 9.90. The molecule has 0 aliphatic rings. The van der Waals surface area contributed by atoms with Crippen LogP contribution < -0.4 is 5.73 Å². The van der Waals surface area contributed by atoms with E-state index in [2.05, 4.69) is 4.74 Å². The SMILES string of the molecule is COC(=O)C(C)(N)CC(=O)O. The van der Waals surface area contributed by atoms with E-state index < -0.39 is 23.9 Å². The van der Waals surface area contributed by atoms with Gasteiger partial charge in [-0.2, -0.15) is 0 Å². The van der Waals surface area contributed by atoms with Crippen LogP contribution in [0.1, 0.15) is 13.3 Å². The Bertz CT molecular complexity index is 175. The van der Waals surface area contributed by atoms with Crippen LogP contribution in [-0.2, 0) is 14.3 Å². The number of carboxylic acids is 1. The Morgan fingerprint density at radius 3 is 2.36 bits per heavy atom. The van der Waals surface area contributed by atoms with Crippen LogP contribution in [0.4, 0.5) is 0 Å². The molecule has 0 rings (SSSR count). The van der Waals surface area contributed by atoms with Gasteiger partial charge in [-0.05, 0) is 6.92 Å². The summed E-state index contributed by atoms with van der Waals surface area (Å²) >= 11 is 0. The molecule has 0 amide bonds. The fourth-order valence-corrected chi connectivity index (χ4v) is 0.619. The van der Waals surface area contributed by atoms with Crippen molar-refractivity contribution in [2.75, 3.05) is 7.11 Å². The average Bonchev–Trinajstić information content (AvgIpc) is 1.83. The summed E-state index contributed by atoms with van der Waals surface area (Å²) in [4.78, 5) is 20.9. The van der Waals surface area contributed by atoms with E-state index in [4.69, 9.17) is 10.8 Å². The first-order valence-corrected chi connectivity index (χ1v) is 2.99. The smallest absolute Gasteiger partial charge is 0.326 e. The third-order valence-electron chi connectivity index (χ3n) is 1.17. The summed E-state index contributed by atoms with van der Waals surface area (Å²) in [6.07, 6.45) is -0.431. The minimum absolute atomic E-state index is 0.431. The van der Waals surface area contributed by atoms with Gasteiger partial charge in [0.2, 0.25) is 0 Å². The molecule has 0 aromatic carbocycles. The number of carbonyl (C=O) groups excluding carboxylic acids is 1. The highest BCUT2D eigenvalue weighted by Gasteiger charge is 2.31. The van der Waals surface area contributed by atoms with Crippen LogP contribution in [0.15, 0.2) is 0 Å². The Labute approximate surface area is 64.1 Å². The molecule has 0 saturated carbocycles. The van der Waals surface area contributed by atoms with Gasteiger partial charge in [0.1, 0.15) is 5.54 Å². The van der Waals surface area contributed by atoms with Crippen LogP contribution >= 0.6 is 0 Å². The molecular formula is C6H11NO4. The second-order valence-electron chi connectivity index (χ2n) is 2.48. The number of rotatable bonds is 3.